The summed E-state index contributed by atoms with van der Waals surface area (Å²) in [4.78, 5) is 23.0. The molecule has 0 bridgehead atoms. The summed E-state index contributed by atoms with van der Waals surface area (Å²) in [6.45, 7) is 2.41. The molecule has 0 aromatic heterocycles. The van der Waals surface area contributed by atoms with Crippen molar-refractivity contribution in [2.75, 3.05) is 26.0 Å². The number of benzene rings is 1. The van der Waals surface area contributed by atoms with Gasteiger partial charge in [-0.25, -0.2) is 4.79 Å². The van der Waals surface area contributed by atoms with Crippen molar-refractivity contribution in [3.8, 4) is 5.75 Å². The summed E-state index contributed by atoms with van der Waals surface area (Å²) >= 11 is 0. The van der Waals surface area contributed by atoms with Crippen molar-refractivity contribution >= 4 is 17.6 Å². The molecule has 6 nitrogen and oxygen atoms in total. The van der Waals surface area contributed by atoms with Gasteiger partial charge in [-0.3, -0.25) is 4.79 Å². The van der Waals surface area contributed by atoms with E-state index in [4.69, 9.17) is 15.2 Å². The number of nitrogens with two attached hydrogens (primary N) is 1. The molecular formula is C14H20N2O4. The second-order valence-electron chi connectivity index (χ2n) is 4.07. The number of amides is 1. The molecule has 0 fully saturated rings. The Morgan fingerprint density at radius 3 is 2.75 bits per heavy atom. The topological polar surface area (TPSA) is 90.7 Å². The Labute approximate surface area is 118 Å². The average Bonchev–Trinajstić information content (AvgIpc) is 2.43. The van der Waals surface area contributed by atoms with Gasteiger partial charge in [0.25, 0.3) is 0 Å². The third-order valence-electron chi connectivity index (χ3n) is 2.62. The molecule has 20 heavy (non-hydrogen) atoms. The fourth-order valence-electron chi connectivity index (χ4n) is 1.64. The van der Waals surface area contributed by atoms with E-state index >= 15 is 0 Å². The molecule has 0 heterocycles. The van der Waals surface area contributed by atoms with E-state index in [9.17, 15) is 9.59 Å². The third kappa shape index (κ3) is 4.46. The van der Waals surface area contributed by atoms with E-state index in [2.05, 4.69) is 5.32 Å². The number of ether oxygens (including phenoxy) is 2. The van der Waals surface area contributed by atoms with Gasteiger partial charge in [0.15, 0.2) is 0 Å². The van der Waals surface area contributed by atoms with Gasteiger partial charge < -0.3 is 20.5 Å². The maximum Gasteiger partial charge on any atom is 0.344 e. The van der Waals surface area contributed by atoms with Gasteiger partial charge in [-0.05, 0) is 25.5 Å². The molecule has 1 aromatic rings. The molecule has 0 saturated carbocycles. The van der Waals surface area contributed by atoms with Crippen molar-refractivity contribution in [2.45, 2.75) is 19.8 Å². The largest absolute Gasteiger partial charge is 0.493 e. The van der Waals surface area contributed by atoms with Crippen LogP contribution in [0.1, 0.15) is 30.1 Å². The normalized spacial score (nSPS) is 9.90. The quantitative estimate of drug-likeness (QED) is 0.447. The zero-order valence-corrected chi connectivity index (χ0v) is 11.8. The van der Waals surface area contributed by atoms with Gasteiger partial charge in [0, 0.05) is 19.2 Å². The number of anilines is 1. The van der Waals surface area contributed by atoms with Crippen LogP contribution in [0, 0.1) is 0 Å². The van der Waals surface area contributed by atoms with Crippen molar-refractivity contribution in [2.24, 2.45) is 0 Å². The summed E-state index contributed by atoms with van der Waals surface area (Å²) in [7, 11) is 1.56. The zero-order valence-electron chi connectivity index (χ0n) is 11.8. The number of nitrogens with one attached hydrogen (secondary N) is 1. The maximum absolute atomic E-state index is 12.0. The zero-order chi connectivity index (χ0) is 15.0. The highest BCUT2D eigenvalue weighted by Gasteiger charge is 2.17. The number of carbonyl (C=O) groups is 2. The van der Waals surface area contributed by atoms with Crippen LogP contribution < -0.4 is 15.8 Å². The maximum atomic E-state index is 12.0. The first-order chi connectivity index (χ1) is 9.60. The van der Waals surface area contributed by atoms with E-state index in [1.165, 1.54) is 0 Å². The fourth-order valence-corrected chi connectivity index (χ4v) is 1.64. The standard InChI is InChI=1S/C14H20N2O4/c1-3-19-11-7-4-6-10(15)13(11)14(18)20-9-5-8-12(17)16-2/h4,6-7H,3,5,8-9,15H2,1-2H3,(H,16,17). The monoisotopic (exact) mass is 280 g/mol. The Hall–Kier alpha value is -2.24. The van der Waals surface area contributed by atoms with Crippen molar-refractivity contribution in [1.82, 2.24) is 5.32 Å². The highest BCUT2D eigenvalue weighted by Crippen LogP contribution is 2.25. The van der Waals surface area contributed by atoms with Crippen LogP contribution in [0.4, 0.5) is 5.69 Å². The molecule has 0 spiro atoms. The van der Waals surface area contributed by atoms with Gasteiger partial charge in [0.05, 0.1) is 13.2 Å². The summed E-state index contributed by atoms with van der Waals surface area (Å²) < 4.78 is 10.5. The van der Waals surface area contributed by atoms with E-state index in [1.54, 1.807) is 25.2 Å². The summed E-state index contributed by atoms with van der Waals surface area (Å²) in [6.07, 6.45) is 0.772. The molecule has 1 rings (SSSR count). The molecule has 6 heteroatoms. The first kappa shape index (κ1) is 15.8. The van der Waals surface area contributed by atoms with Crippen molar-refractivity contribution in [3.63, 3.8) is 0 Å². The molecule has 0 aliphatic carbocycles. The SMILES string of the molecule is CCOc1cccc(N)c1C(=O)OCCCC(=O)NC. The fraction of sp³-hybridized carbons (Fsp3) is 0.429. The number of esters is 1. The molecule has 110 valence electrons. The number of nitrogen functional groups attached to an aromatic ring is 1. The number of carbonyl (C=O) groups excluding carboxylic acids is 2. The molecule has 1 amide bonds. The second kappa shape index (κ2) is 8.04. The van der Waals surface area contributed by atoms with E-state index in [0.29, 0.717) is 30.9 Å². The molecule has 0 aliphatic rings. The van der Waals surface area contributed by atoms with Gasteiger partial charge in [0.1, 0.15) is 11.3 Å². The van der Waals surface area contributed by atoms with Crippen LogP contribution in [-0.2, 0) is 9.53 Å². The predicted molar refractivity (Wildman–Crippen MR) is 75.6 cm³/mol. The van der Waals surface area contributed by atoms with Gasteiger partial charge in [-0.1, -0.05) is 6.07 Å². The highest BCUT2D eigenvalue weighted by molar-refractivity contribution is 5.98. The van der Waals surface area contributed by atoms with E-state index in [-0.39, 0.29) is 18.1 Å². The van der Waals surface area contributed by atoms with Gasteiger partial charge in [-0.15, -0.1) is 0 Å². The van der Waals surface area contributed by atoms with Crippen LogP contribution in [0.25, 0.3) is 0 Å². The summed E-state index contributed by atoms with van der Waals surface area (Å²) in [5.41, 5.74) is 6.32. The van der Waals surface area contributed by atoms with E-state index < -0.39 is 5.97 Å². The van der Waals surface area contributed by atoms with Gasteiger partial charge >= 0.3 is 5.97 Å². The van der Waals surface area contributed by atoms with Crippen molar-refractivity contribution < 1.29 is 19.1 Å². The van der Waals surface area contributed by atoms with E-state index in [1.807, 2.05) is 6.92 Å². The van der Waals surface area contributed by atoms with Crippen LogP contribution in [-0.4, -0.2) is 32.1 Å². The minimum atomic E-state index is -0.538. The average molecular weight is 280 g/mol. The Balaban J connectivity index is 2.61. The lowest BCUT2D eigenvalue weighted by molar-refractivity contribution is -0.120. The van der Waals surface area contributed by atoms with Crippen molar-refractivity contribution in [1.29, 1.82) is 0 Å². The Kier molecular flexibility index (Phi) is 6.36. The lowest BCUT2D eigenvalue weighted by atomic mass is 10.1. The van der Waals surface area contributed by atoms with Gasteiger partial charge in [-0.2, -0.15) is 0 Å². The van der Waals surface area contributed by atoms with E-state index in [0.717, 1.165) is 0 Å². The van der Waals surface area contributed by atoms with Crippen LogP contribution >= 0.6 is 0 Å². The number of rotatable bonds is 7. The second-order valence-corrected chi connectivity index (χ2v) is 4.07. The highest BCUT2D eigenvalue weighted by atomic mass is 16.5. The minimum absolute atomic E-state index is 0.0877. The third-order valence-corrected chi connectivity index (χ3v) is 2.62. The lowest BCUT2D eigenvalue weighted by Gasteiger charge is -2.12. The van der Waals surface area contributed by atoms with Crippen LogP contribution in [0.5, 0.6) is 5.75 Å². The molecule has 0 aliphatic heterocycles. The Bertz CT molecular complexity index is 474. The van der Waals surface area contributed by atoms with Crippen LogP contribution in [0.2, 0.25) is 0 Å². The Morgan fingerprint density at radius 2 is 2.10 bits per heavy atom. The Morgan fingerprint density at radius 1 is 1.35 bits per heavy atom. The van der Waals surface area contributed by atoms with Crippen LogP contribution in [0.15, 0.2) is 18.2 Å². The van der Waals surface area contributed by atoms with Crippen LogP contribution in [0.3, 0.4) is 0 Å². The predicted octanol–water partition coefficient (Wildman–Crippen LogP) is 1.35. The molecule has 1 aromatic carbocycles. The smallest absolute Gasteiger partial charge is 0.344 e. The first-order valence-electron chi connectivity index (χ1n) is 6.49. The van der Waals surface area contributed by atoms with Gasteiger partial charge in [0.2, 0.25) is 5.91 Å². The summed E-state index contributed by atoms with van der Waals surface area (Å²) in [6, 6.07) is 4.99. The number of hydrogen-bond acceptors (Lipinski definition) is 5. The molecule has 3 N–H and O–H groups in total. The summed E-state index contributed by atoms with van der Waals surface area (Å²) in [5.74, 6) is -0.220. The minimum Gasteiger partial charge on any atom is -0.493 e. The number of hydrogen-bond donors (Lipinski definition) is 2. The van der Waals surface area contributed by atoms with Crippen molar-refractivity contribution in [3.05, 3.63) is 23.8 Å². The summed E-state index contributed by atoms with van der Waals surface area (Å²) in [5, 5.41) is 2.50. The molecule has 0 saturated heterocycles. The molecule has 0 atom stereocenters. The molecule has 0 unspecified atom stereocenters. The molecule has 0 radical (unpaired) electrons. The molecular weight excluding hydrogens is 260 g/mol. The first-order valence-corrected chi connectivity index (χ1v) is 6.49. The lowest BCUT2D eigenvalue weighted by Crippen LogP contribution is -2.18.